The van der Waals surface area contributed by atoms with Crippen LogP contribution in [-0.2, 0) is 19.4 Å². The molecule has 1 unspecified atom stereocenters. The third-order valence-electron chi connectivity index (χ3n) is 4.62. The molecule has 10 heteroatoms. The van der Waals surface area contributed by atoms with Gasteiger partial charge in [0.15, 0.2) is 9.84 Å². The van der Waals surface area contributed by atoms with Gasteiger partial charge < -0.3 is 9.32 Å². The van der Waals surface area contributed by atoms with Crippen molar-refractivity contribution in [3.63, 3.8) is 0 Å². The summed E-state index contributed by atoms with van der Waals surface area (Å²) < 4.78 is 28.3. The quantitative estimate of drug-likeness (QED) is 0.642. The molecule has 0 aromatic carbocycles. The van der Waals surface area contributed by atoms with Crippen LogP contribution in [0.25, 0.3) is 6.08 Å². The second-order valence-corrected chi connectivity index (χ2v) is 9.76. The molecule has 2 aliphatic heterocycles. The number of hydrogen-bond acceptors (Lipinski definition) is 7. The van der Waals surface area contributed by atoms with Crippen LogP contribution in [0.2, 0.25) is 0 Å². The molecule has 3 amide bonds. The number of rotatable bonds is 6. The molecule has 28 heavy (non-hydrogen) atoms. The number of amides is 3. The molecule has 2 fully saturated rings. The Hall–Kier alpha value is -2.33. The molecule has 2 aliphatic rings. The first kappa shape index (κ1) is 20.4. The van der Waals surface area contributed by atoms with Crippen LogP contribution >= 0.6 is 11.8 Å². The zero-order chi connectivity index (χ0) is 20.3. The summed E-state index contributed by atoms with van der Waals surface area (Å²) in [5.41, 5.74) is 0. The maximum Gasteiger partial charge on any atom is 0.293 e. The number of carbonyl (C=O) groups excluding carboxylic acids is 3. The minimum Gasteiger partial charge on any atom is -0.465 e. The second-order valence-electron chi connectivity index (χ2n) is 6.54. The van der Waals surface area contributed by atoms with Crippen molar-refractivity contribution in [2.75, 3.05) is 25.1 Å². The summed E-state index contributed by atoms with van der Waals surface area (Å²) in [6, 6.07) is 3.15. The number of thioether (sulfide) groups is 1. The second kappa shape index (κ2) is 8.36. The van der Waals surface area contributed by atoms with Crippen molar-refractivity contribution >= 4 is 44.7 Å². The highest BCUT2D eigenvalue weighted by atomic mass is 32.2. The standard InChI is InChI=1S/C18H20N2O6S2/c1-19(13-8-11-28(24,25)12-13)16(21)7-9-20-17(22)15(27-18(20)23)6-2-4-14-5-3-10-26-14/h2-6,10,13H,7-9,11-12H2,1H3. The highest BCUT2D eigenvalue weighted by Crippen LogP contribution is 2.31. The molecular weight excluding hydrogens is 404 g/mol. The highest BCUT2D eigenvalue weighted by Gasteiger charge is 2.36. The van der Waals surface area contributed by atoms with Crippen molar-refractivity contribution in [1.29, 1.82) is 0 Å². The van der Waals surface area contributed by atoms with Gasteiger partial charge in [-0.25, -0.2) is 8.42 Å². The molecule has 3 heterocycles. The van der Waals surface area contributed by atoms with Crippen molar-refractivity contribution in [2.24, 2.45) is 0 Å². The lowest BCUT2D eigenvalue weighted by Gasteiger charge is -2.24. The van der Waals surface area contributed by atoms with Crippen LogP contribution in [0.5, 0.6) is 0 Å². The molecule has 1 aromatic rings. The number of hydrogen-bond donors (Lipinski definition) is 0. The van der Waals surface area contributed by atoms with E-state index >= 15 is 0 Å². The summed E-state index contributed by atoms with van der Waals surface area (Å²) in [6.45, 7) is -0.0352. The first-order chi connectivity index (χ1) is 13.3. The van der Waals surface area contributed by atoms with Crippen LogP contribution < -0.4 is 0 Å². The van der Waals surface area contributed by atoms with Gasteiger partial charge in [0.2, 0.25) is 5.91 Å². The van der Waals surface area contributed by atoms with Gasteiger partial charge in [-0.15, -0.1) is 0 Å². The van der Waals surface area contributed by atoms with Crippen LogP contribution in [0, 0.1) is 0 Å². The first-order valence-electron chi connectivity index (χ1n) is 8.68. The van der Waals surface area contributed by atoms with Gasteiger partial charge >= 0.3 is 0 Å². The van der Waals surface area contributed by atoms with E-state index in [-0.39, 0.29) is 41.3 Å². The Morgan fingerprint density at radius 1 is 1.43 bits per heavy atom. The van der Waals surface area contributed by atoms with Crippen molar-refractivity contribution < 1.29 is 27.2 Å². The molecule has 2 saturated heterocycles. The third-order valence-corrected chi connectivity index (χ3v) is 7.30. The van der Waals surface area contributed by atoms with Gasteiger partial charge in [0.05, 0.1) is 22.7 Å². The monoisotopic (exact) mass is 424 g/mol. The average Bonchev–Trinajstić information content (AvgIpc) is 3.34. The minimum atomic E-state index is -3.09. The van der Waals surface area contributed by atoms with E-state index in [9.17, 15) is 22.8 Å². The van der Waals surface area contributed by atoms with E-state index in [0.717, 1.165) is 16.7 Å². The molecule has 150 valence electrons. The summed E-state index contributed by atoms with van der Waals surface area (Å²) in [5.74, 6) is -0.0742. The summed E-state index contributed by atoms with van der Waals surface area (Å²) in [4.78, 5) is 39.5. The van der Waals surface area contributed by atoms with E-state index in [4.69, 9.17) is 4.42 Å². The highest BCUT2D eigenvalue weighted by molar-refractivity contribution is 8.18. The fraction of sp³-hybridized carbons (Fsp3) is 0.389. The van der Waals surface area contributed by atoms with Crippen molar-refractivity contribution in [1.82, 2.24) is 9.80 Å². The van der Waals surface area contributed by atoms with Crippen LogP contribution in [-0.4, -0.2) is 66.4 Å². The predicted molar refractivity (Wildman–Crippen MR) is 105 cm³/mol. The van der Waals surface area contributed by atoms with Gasteiger partial charge in [-0.3, -0.25) is 19.3 Å². The minimum absolute atomic E-state index is 0.0352. The Bertz CT molecular complexity index is 933. The van der Waals surface area contributed by atoms with Crippen LogP contribution in [0.3, 0.4) is 0 Å². The number of sulfone groups is 1. The van der Waals surface area contributed by atoms with E-state index in [1.54, 1.807) is 31.3 Å². The molecule has 0 spiro atoms. The van der Waals surface area contributed by atoms with Gasteiger partial charge in [-0.2, -0.15) is 0 Å². The van der Waals surface area contributed by atoms with E-state index in [1.165, 1.54) is 17.2 Å². The Balaban J connectivity index is 1.55. The molecule has 1 atom stereocenters. The summed E-state index contributed by atoms with van der Waals surface area (Å²) in [7, 11) is -1.53. The Morgan fingerprint density at radius 2 is 2.21 bits per heavy atom. The van der Waals surface area contributed by atoms with Crippen molar-refractivity contribution in [3.05, 3.63) is 41.2 Å². The maximum atomic E-state index is 12.4. The number of allylic oxidation sites excluding steroid dienone is 2. The lowest BCUT2D eigenvalue weighted by molar-refractivity contribution is -0.132. The maximum absolute atomic E-state index is 12.4. The molecular formula is C18H20N2O6S2. The van der Waals surface area contributed by atoms with Crippen LogP contribution in [0.4, 0.5) is 4.79 Å². The molecule has 8 nitrogen and oxygen atoms in total. The Labute approximate surface area is 167 Å². The summed E-state index contributed by atoms with van der Waals surface area (Å²) >= 11 is 0.817. The van der Waals surface area contributed by atoms with Crippen molar-refractivity contribution in [3.8, 4) is 0 Å². The lowest BCUT2D eigenvalue weighted by atomic mass is 10.2. The van der Waals surface area contributed by atoms with Gasteiger partial charge in [0.1, 0.15) is 5.76 Å². The summed E-state index contributed by atoms with van der Waals surface area (Å²) in [5, 5.41) is -0.429. The Morgan fingerprint density at radius 3 is 2.86 bits per heavy atom. The number of imide groups is 1. The zero-order valence-corrected chi connectivity index (χ0v) is 16.9. The van der Waals surface area contributed by atoms with Gasteiger partial charge in [-0.1, -0.05) is 6.08 Å². The van der Waals surface area contributed by atoms with Crippen molar-refractivity contribution in [2.45, 2.75) is 18.9 Å². The van der Waals surface area contributed by atoms with E-state index in [2.05, 4.69) is 0 Å². The normalized spacial score (nSPS) is 23.2. The van der Waals surface area contributed by atoms with E-state index in [1.807, 2.05) is 0 Å². The molecule has 0 saturated carbocycles. The molecule has 3 rings (SSSR count). The molecule has 1 aromatic heterocycles. The smallest absolute Gasteiger partial charge is 0.293 e. The number of carbonyl (C=O) groups is 3. The van der Waals surface area contributed by atoms with Gasteiger partial charge in [0.25, 0.3) is 11.1 Å². The Kier molecular flexibility index (Phi) is 6.09. The zero-order valence-electron chi connectivity index (χ0n) is 15.2. The fourth-order valence-corrected chi connectivity index (χ4v) is 5.58. The van der Waals surface area contributed by atoms with Gasteiger partial charge in [-0.05, 0) is 42.5 Å². The lowest BCUT2D eigenvalue weighted by Crippen LogP contribution is -2.40. The predicted octanol–water partition coefficient (Wildman–Crippen LogP) is 1.91. The third kappa shape index (κ3) is 4.74. The van der Waals surface area contributed by atoms with Crippen LogP contribution in [0.15, 0.2) is 39.9 Å². The van der Waals surface area contributed by atoms with Gasteiger partial charge in [0, 0.05) is 26.1 Å². The topological polar surface area (TPSA) is 105 Å². The summed E-state index contributed by atoms with van der Waals surface area (Å²) in [6.07, 6.45) is 6.72. The van der Waals surface area contributed by atoms with Crippen LogP contribution in [0.1, 0.15) is 18.6 Å². The van der Waals surface area contributed by atoms with E-state index < -0.39 is 21.0 Å². The molecule has 0 radical (unpaired) electrons. The first-order valence-corrected chi connectivity index (χ1v) is 11.3. The molecule has 0 bridgehead atoms. The number of nitrogens with zero attached hydrogens (tertiary/aromatic N) is 2. The largest absolute Gasteiger partial charge is 0.465 e. The fourth-order valence-electron chi connectivity index (χ4n) is 2.99. The van der Waals surface area contributed by atoms with E-state index in [0.29, 0.717) is 12.2 Å². The molecule has 0 N–H and O–H groups in total. The SMILES string of the molecule is CN(C(=O)CCN1C(=O)SC(=CC=Cc2ccco2)C1=O)C1CCS(=O)(=O)C1. The number of furan rings is 1. The molecule has 0 aliphatic carbocycles. The average molecular weight is 425 g/mol.